The van der Waals surface area contributed by atoms with Crippen molar-refractivity contribution >= 4 is 21.5 Å². The third-order valence-electron chi connectivity index (χ3n) is 2.03. The molecule has 0 radical (unpaired) electrons. The second-order valence-electron chi connectivity index (χ2n) is 2.95. The van der Waals surface area contributed by atoms with Crippen LogP contribution in [0.2, 0.25) is 0 Å². The van der Waals surface area contributed by atoms with E-state index in [4.69, 9.17) is 4.74 Å². The van der Waals surface area contributed by atoms with Gasteiger partial charge in [0.2, 0.25) is 0 Å². The number of aromatic amines is 1. The molecule has 0 saturated carbocycles. The molecule has 1 aliphatic heterocycles. The Morgan fingerprint density at radius 1 is 1.69 bits per heavy atom. The highest BCUT2D eigenvalue weighted by Crippen LogP contribution is 2.17. The van der Waals surface area contributed by atoms with E-state index in [1.165, 1.54) is 5.57 Å². The second kappa shape index (κ2) is 3.59. The van der Waals surface area contributed by atoms with E-state index in [9.17, 15) is 0 Å². The zero-order valence-corrected chi connectivity index (χ0v) is 8.97. The predicted molar refractivity (Wildman–Crippen MR) is 50.9 cm³/mol. The van der Waals surface area contributed by atoms with Crippen LogP contribution in [0.15, 0.2) is 10.8 Å². The standard InChI is InChI=1S/C8H10BrN3O/c1-12-7(10-8(9)11-12)6-2-4-13-5-3-6/h2H,3-5H2,1H3/p+1. The van der Waals surface area contributed by atoms with Crippen molar-refractivity contribution in [3.05, 3.63) is 16.6 Å². The summed E-state index contributed by atoms with van der Waals surface area (Å²) in [5.74, 6) is 0.982. The van der Waals surface area contributed by atoms with Crippen LogP contribution < -0.4 is 4.68 Å². The first-order chi connectivity index (χ1) is 6.27. The van der Waals surface area contributed by atoms with Gasteiger partial charge in [0.05, 0.1) is 13.2 Å². The molecule has 1 aromatic heterocycles. The van der Waals surface area contributed by atoms with E-state index in [2.05, 4.69) is 32.1 Å². The van der Waals surface area contributed by atoms with E-state index < -0.39 is 0 Å². The average Bonchev–Trinajstić information content (AvgIpc) is 2.47. The summed E-state index contributed by atoms with van der Waals surface area (Å²) in [6.45, 7) is 1.48. The molecule has 0 unspecified atom stereocenters. The molecular formula is C8H11BrN3O+. The number of ether oxygens (including phenoxy) is 1. The van der Waals surface area contributed by atoms with Crippen LogP contribution in [0.25, 0.3) is 5.57 Å². The van der Waals surface area contributed by atoms with Gasteiger partial charge in [-0.3, -0.25) is 0 Å². The van der Waals surface area contributed by atoms with E-state index in [1.54, 1.807) is 0 Å². The fraction of sp³-hybridized carbons (Fsp3) is 0.500. The van der Waals surface area contributed by atoms with Gasteiger partial charge < -0.3 is 4.74 Å². The van der Waals surface area contributed by atoms with Gasteiger partial charge in [-0.2, -0.15) is 9.78 Å². The number of hydrogen-bond donors (Lipinski definition) is 1. The number of H-pyrrole nitrogens is 1. The molecule has 0 bridgehead atoms. The summed E-state index contributed by atoms with van der Waals surface area (Å²) in [5.41, 5.74) is 1.25. The third kappa shape index (κ3) is 1.81. The Labute approximate surface area is 84.7 Å². The molecule has 5 heteroatoms. The highest BCUT2D eigenvalue weighted by atomic mass is 79.9. The molecule has 0 fully saturated rings. The van der Waals surface area contributed by atoms with Crippen LogP contribution in [0, 0.1) is 0 Å². The van der Waals surface area contributed by atoms with E-state index in [0.717, 1.165) is 23.6 Å². The minimum atomic E-state index is 0.694. The molecule has 0 spiro atoms. The molecule has 2 rings (SSSR count). The molecule has 13 heavy (non-hydrogen) atoms. The van der Waals surface area contributed by atoms with Crippen LogP contribution in [0.4, 0.5) is 0 Å². The van der Waals surface area contributed by atoms with Crippen LogP contribution in [-0.2, 0) is 11.8 Å². The zero-order valence-electron chi connectivity index (χ0n) is 7.38. The molecule has 4 nitrogen and oxygen atoms in total. The molecule has 0 aromatic carbocycles. The van der Waals surface area contributed by atoms with Crippen molar-refractivity contribution in [2.45, 2.75) is 6.42 Å². The average molecular weight is 245 g/mol. The van der Waals surface area contributed by atoms with Gasteiger partial charge in [0.1, 0.15) is 7.05 Å². The smallest absolute Gasteiger partial charge is 0.347 e. The van der Waals surface area contributed by atoms with Gasteiger partial charge in [0.15, 0.2) is 0 Å². The molecule has 1 aromatic rings. The Kier molecular flexibility index (Phi) is 2.46. The van der Waals surface area contributed by atoms with Crippen molar-refractivity contribution in [2.75, 3.05) is 13.2 Å². The lowest BCUT2D eigenvalue weighted by Gasteiger charge is -2.08. The van der Waals surface area contributed by atoms with Gasteiger partial charge in [-0.05, 0) is 11.1 Å². The van der Waals surface area contributed by atoms with Crippen molar-refractivity contribution in [2.24, 2.45) is 7.05 Å². The Morgan fingerprint density at radius 3 is 3.08 bits per heavy atom. The molecule has 1 aliphatic rings. The third-order valence-corrected chi connectivity index (χ3v) is 2.39. The fourth-order valence-corrected chi connectivity index (χ4v) is 1.84. The number of hydrogen-bond acceptors (Lipinski definition) is 2. The quantitative estimate of drug-likeness (QED) is 0.743. The van der Waals surface area contributed by atoms with E-state index in [0.29, 0.717) is 6.61 Å². The minimum Gasteiger partial charge on any atom is -0.377 e. The van der Waals surface area contributed by atoms with Gasteiger partial charge in [0, 0.05) is 27.9 Å². The Hall–Kier alpha value is -0.680. The summed E-state index contributed by atoms with van der Waals surface area (Å²) in [6.07, 6.45) is 3.01. The zero-order chi connectivity index (χ0) is 9.26. The lowest BCUT2D eigenvalue weighted by Crippen LogP contribution is -2.34. The van der Waals surface area contributed by atoms with E-state index >= 15 is 0 Å². The SMILES string of the molecule is C[n+]1[nH]c(Br)nc1C1=CCOCC1. The van der Waals surface area contributed by atoms with Crippen LogP contribution in [0.5, 0.6) is 0 Å². The highest BCUT2D eigenvalue weighted by Gasteiger charge is 2.21. The summed E-state index contributed by atoms with van der Waals surface area (Å²) in [7, 11) is 1.95. The summed E-state index contributed by atoms with van der Waals surface area (Å²) >= 11 is 3.30. The lowest BCUT2D eigenvalue weighted by molar-refractivity contribution is -0.730. The molecule has 0 saturated heterocycles. The topological polar surface area (TPSA) is 41.8 Å². The second-order valence-corrected chi connectivity index (χ2v) is 3.70. The molecule has 2 heterocycles. The van der Waals surface area contributed by atoms with Gasteiger partial charge in [0.25, 0.3) is 0 Å². The number of aromatic nitrogens is 3. The molecule has 70 valence electrons. The molecule has 1 N–H and O–H groups in total. The van der Waals surface area contributed by atoms with Crippen molar-refractivity contribution in [1.29, 1.82) is 0 Å². The number of nitrogens with one attached hydrogen (secondary N) is 1. The summed E-state index contributed by atoms with van der Waals surface area (Å²) in [5, 5.41) is 3.05. The van der Waals surface area contributed by atoms with Gasteiger partial charge in [-0.15, -0.1) is 0 Å². The lowest BCUT2D eigenvalue weighted by atomic mass is 10.1. The van der Waals surface area contributed by atoms with Gasteiger partial charge in [-0.1, -0.05) is 0 Å². The van der Waals surface area contributed by atoms with Crippen molar-refractivity contribution in [3.63, 3.8) is 0 Å². The first-order valence-corrected chi connectivity index (χ1v) is 4.95. The van der Waals surface area contributed by atoms with E-state index in [-0.39, 0.29) is 0 Å². The number of halogens is 1. The maximum absolute atomic E-state index is 5.23. The van der Waals surface area contributed by atoms with Crippen LogP contribution in [-0.4, -0.2) is 23.3 Å². The fourth-order valence-electron chi connectivity index (χ4n) is 1.40. The maximum atomic E-state index is 5.23. The highest BCUT2D eigenvalue weighted by molar-refractivity contribution is 9.10. The van der Waals surface area contributed by atoms with Crippen molar-refractivity contribution < 1.29 is 9.42 Å². The first-order valence-electron chi connectivity index (χ1n) is 4.16. The minimum absolute atomic E-state index is 0.694. The van der Waals surface area contributed by atoms with E-state index in [1.807, 2.05) is 11.7 Å². The Bertz CT molecular complexity index is 345. The Morgan fingerprint density at radius 2 is 2.54 bits per heavy atom. The van der Waals surface area contributed by atoms with Crippen molar-refractivity contribution in [3.8, 4) is 0 Å². The molecule has 0 aliphatic carbocycles. The first kappa shape index (κ1) is 8.90. The summed E-state index contributed by atoms with van der Waals surface area (Å²) in [6, 6.07) is 0. The van der Waals surface area contributed by atoms with Crippen LogP contribution in [0.1, 0.15) is 12.2 Å². The summed E-state index contributed by atoms with van der Waals surface area (Å²) < 4.78 is 7.90. The Balaban J connectivity index is 2.33. The van der Waals surface area contributed by atoms with Crippen LogP contribution >= 0.6 is 15.9 Å². The van der Waals surface area contributed by atoms with Crippen molar-refractivity contribution in [1.82, 2.24) is 10.1 Å². The monoisotopic (exact) mass is 244 g/mol. The summed E-state index contributed by atoms with van der Waals surface area (Å²) in [4.78, 5) is 4.33. The predicted octanol–water partition coefficient (Wildman–Crippen LogP) is 0.800. The molecular weight excluding hydrogens is 234 g/mol. The van der Waals surface area contributed by atoms with Gasteiger partial charge >= 0.3 is 10.6 Å². The number of rotatable bonds is 1. The number of nitrogens with zero attached hydrogens (tertiary/aromatic N) is 2. The molecule has 0 atom stereocenters. The number of aryl methyl sites for hydroxylation is 1. The van der Waals surface area contributed by atoms with Crippen LogP contribution in [0.3, 0.4) is 0 Å². The maximum Gasteiger partial charge on any atom is 0.347 e. The normalized spacial score (nSPS) is 17.2. The van der Waals surface area contributed by atoms with Gasteiger partial charge in [-0.25, -0.2) is 0 Å². The largest absolute Gasteiger partial charge is 0.377 e. The molecule has 0 amide bonds.